The number of hydrogen-bond acceptors (Lipinski definition) is 5. The highest BCUT2D eigenvalue weighted by Crippen LogP contribution is 2.23. The largest absolute Gasteiger partial charge is 0.345 e. The van der Waals surface area contributed by atoms with Gasteiger partial charge in [-0.3, -0.25) is 9.59 Å². The normalized spacial score (nSPS) is 10.6. The highest BCUT2D eigenvalue weighted by atomic mass is 32.1. The first-order valence-electron chi connectivity index (χ1n) is 8.88. The van der Waals surface area contributed by atoms with Gasteiger partial charge in [0.05, 0.1) is 17.6 Å². The molecular weight excluding hydrogens is 384 g/mol. The van der Waals surface area contributed by atoms with Gasteiger partial charge >= 0.3 is 0 Å². The molecule has 29 heavy (non-hydrogen) atoms. The van der Waals surface area contributed by atoms with Crippen molar-refractivity contribution >= 4 is 28.0 Å². The van der Waals surface area contributed by atoms with E-state index in [4.69, 9.17) is 6.42 Å². The van der Waals surface area contributed by atoms with Crippen molar-refractivity contribution in [2.24, 2.45) is 0 Å². The maximum atomic E-state index is 12.6. The average molecular weight is 400 g/mol. The first-order chi connectivity index (χ1) is 14.2. The molecule has 0 aliphatic heterocycles. The summed E-state index contributed by atoms with van der Waals surface area (Å²) in [6.07, 6.45) is 5.35. The number of nitrogens with zero attached hydrogens (tertiary/aromatic N) is 3. The summed E-state index contributed by atoms with van der Waals surface area (Å²) in [7, 11) is 0. The Morgan fingerprint density at radius 2 is 1.83 bits per heavy atom. The molecule has 1 N–H and O–H groups in total. The number of aromatic nitrogens is 3. The second-order valence-electron chi connectivity index (χ2n) is 6.25. The number of thiazole rings is 1. The highest BCUT2D eigenvalue weighted by Gasteiger charge is 2.14. The number of fused-ring (bicyclic) bond motifs is 1. The van der Waals surface area contributed by atoms with Crippen molar-refractivity contribution in [3.8, 4) is 22.9 Å². The average Bonchev–Trinajstić information content (AvgIpc) is 3.26. The molecule has 0 atom stereocenters. The number of amides is 1. The number of carbonyl (C=O) groups excluding carboxylic acids is 1. The predicted molar refractivity (Wildman–Crippen MR) is 114 cm³/mol. The van der Waals surface area contributed by atoms with Crippen LogP contribution in [-0.4, -0.2) is 20.7 Å². The van der Waals surface area contributed by atoms with Crippen molar-refractivity contribution in [2.45, 2.75) is 13.1 Å². The summed E-state index contributed by atoms with van der Waals surface area (Å²) in [6, 6.07) is 16.8. The number of terminal acetylenes is 1. The zero-order valence-electron chi connectivity index (χ0n) is 15.3. The molecule has 0 unspecified atom stereocenters. The van der Waals surface area contributed by atoms with E-state index < -0.39 is 0 Å². The van der Waals surface area contributed by atoms with Gasteiger partial charge < -0.3 is 5.32 Å². The fourth-order valence-corrected chi connectivity index (χ4v) is 3.78. The quantitative estimate of drug-likeness (QED) is 0.522. The molecule has 6 nitrogen and oxygen atoms in total. The van der Waals surface area contributed by atoms with E-state index >= 15 is 0 Å². The van der Waals surface area contributed by atoms with E-state index in [2.05, 4.69) is 21.3 Å². The lowest BCUT2D eigenvalue weighted by atomic mass is 10.1. The van der Waals surface area contributed by atoms with E-state index in [0.29, 0.717) is 22.2 Å². The Morgan fingerprint density at radius 1 is 1.10 bits per heavy atom. The molecule has 0 saturated carbocycles. The van der Waals surface area contributed by atoms with Crippen LogP contribution in [0.3, 0.4) is 0 Å². The van der Waals surface area contributed by atoms with E-state index in [1.807, 2.05) is 42.5 Å². The van der Waals surface area contributed by atoms with Crippen LogP contribution in [0.5, 0.6) is 0 Å². The number of hydrogen-bond donors (Lipinski definition) is 1. The van der Waals surface area contributed by atoms with Gasteiger partial charge in [-0.15, -0.1) is 17.8 Å². The summed E-state index contributed by atoms with van der Waals surface area (Å²) in [4.78, 5) is 29.5. The van der Waals surface area contributed by atoms with Crippen molar-refractivity contribution in [2.75, 3.05) is 0 Å². The third kappa shape index (κ3) is 3.79. The number of nitrogens with one attached hydrogen (secondary N) is 1. The van der Waals surface area contributed by atoms with Crippen molar-refractivity contribution in [3.05, 3.63) is 81.7 Å². The van der Waals surface area contributed by atoms with E-state index in [-0.39, 0.29) is 24.6 Å². The summed E-state index contributed by atoms with van der Waals surface area (Å²) in [5.41, 5.74) is 1.63. The second-order valence-corrected chi connectivity index (χ2v) is 7.10. The Kier molecular flexibility index (Phi) is 5.18. The van der Waals surface area contributed by atoms with Crippen LogP contribution in [0.25, 0.3) is 21.3 Å². The van der Waals surface area contributed by atoms with Crippen LogP contribution >= 0.6 is 11.3 Å². The monoisotopic (exact) mass is 400 g/mol. The number of benzene rings is 2. The fourth-order valence-electron chi connectivity index (χ4n) is 2.98. The third-order valence-electron chi connectivity index (χ3n) is 4.36. The van der Waals surface area contributed by atoms with Crippen LogP contribution in [-0.2, 0) is 13.1 Å². The van der Waals surface area contributed by atoms with E-state index in [9.17, 15) is 9.59 Å². The minimum absolute atomic E-state index is 0.0666. The van der Waals surface area contributed by atoms with Gasteiger partial charge in [-0.2, -0.15) is 5.10 Å². The molecule has 2 aromatic heterocycles. The first-order valence-corrected chi connectivity index (χ1v) is 9.76. The van der Waals surface area contributed by atoms with Gasteiger partial charge in [0.15, 0.2) is 0 Å². The van der Waals surface area contributed by atoms with Crippen molar-refractivity contribution in [1.29, 1.82) is 0 Å². The van der Waals surface area contributed by atoms with Crippen LogP contribution in [0, 0.1) is 12.3 Å². The molecule has 142 valence electrons. The van der Waals surface area contributed by atoms with Gasteiger partial charge in [0.2, 0.25) is 0 Å². The van der Waals surface area contributed by atoms with Crippen LogP contribution in [0.4, 0.5) is 0 Å². The van der Waals surface area contributed by atoms with Crippen LogP contribution < -0.4 is 10.9 Å². The highest BCUT2D eigenvalue weighted by molar-refractivity contribution is 7.13. The molecule has 2 heterocycles. The Labute approximate surface area is 170 Å². The van der Waals surface area contributed by atoms with Gasteiger partial charge in [0, 0.05) is 16.3 Å². The summed E-state index contributed by atoms with van der Waals surface area (Å²) >= 11 is 1.41. The van der Waals surface area contributed by atoms with Crippen LogP contribution in [0.1, 0.15) is 16.2 Å². The zero-order chi connectivity index (χ0) is 20.2. The number of rotatable bonds is 5. The molecule has 0 fully saturated rings. The molecule has 4 rings (SSSR count). The maximum absolute atomic E-state index is 12.6. The van der Waals surface area contributed by atoms with Crippen molar-refractivity contribution in [1.82, 2.24) is 20.1 Å². The Balaban J connectivity index is 1.58. The van der Waals surface area contributed by atoms with Gasteiger partial charge in [-0.05, 0) is 6.07 Å². The van der Waals surface area contributed by atoms with E-state index in [0.717, 1.165) is 10.6 Å². The molecule has 7 heteroatoms. The van der Waals surface area contributed by atoms with Gasteiger partial charge in [0.1, 0.15) is 17.2 Å². The summed E-state index contributed by atoms with van der Waals surface area (Å²) in [5, 5.41) is 10.9. The third-order valence-corrected chi connectivity index (χ3v) is 5.25. The molecular formula is C22H16N4O2S. The maximum Gasteiger partial charge on any atom is 0.275 e. The minimum Gasteiger partial charge on any atom is -0.345 e. The summed E-state index contributed by atoms with van der Waals surface area (Å²) in [6.45, 7) is 0.222. The first kappa shape index (κ1) is 18.6. The molecule has 0 aliphatic rings. The van der Waals surface area contributed by atoms with E-state index in [1.165, 1.54) is 16.0 Å². The topological polar surface area (TPSA) is 76.9 Å². The Bertz CT molecular complexity index is 1290. The molecule has 4 aromatic rings. The molecule has 2 aromatic carbocycles. The van der Waals surface area contributed by atoms with Gasteiger partial charge in [-0.25, -0.2) is 9.67 Å². The van der Waals surface area contributed by atoms with Gasteiger partial charge in [-0.1, -0.05) is 54.5 Å². The predicted octanol–water partition coefficient (Wildman–Crippen LogP) is 3.08. The Hall–Kier alpha value is -3.76. The minimum atomic E-state index is -0.302. The smallest absolute Gasteiger partial charge is 0.275 e. The van der Waals surface area contributed by atoms with Gasteiger partial charge in [0.25, 0.3) is 11.5 Å². The zero-order valence-corrected chi connectivity index (χ0v) is 16.1. The lowest BCUT2D eigenvalue weighted by Crippen LogP contribution is -2.28. The second kappa shape index (κ2) is 8.09. The molecule has 0 saturated heterocycles. The lowest BCUT2D eigenvalue weighted by molar-refractivity contribution is 0.0946. The molecule has 0 aliphatic carbocycles. The van der Waals surface area contributed by atoms with E-state index in [1.54, 1.807) is 17.5 Å². The summed E-state index contributed by atoms with van der Waals surface area (Å²) in [5.74, 6) is 2.13. The summed E-state index contributed by atoms with van der Waals surface area (Å²) < 4.78 is 1.24. The van der Waals surface area contributed by atoms with Crippen molar-refractivity contribution in [3.63, 3.8) is 0 Å². The van der Waals surface area contributed by atoms with Crippen LogP contribution in [0.2, 0.25) is 0 Å². The fraction of sp³-hybridized carbons (Fsp3) is 0.0909. The lowest BCUT2D eigenvalue weighted by Gasteiger charge is -2.10. The molecule has 0 spiro atoms. The number of carbonyl (C=O) groups is 1. The molecule has 0 bridgehead atoms. The Morgan fingerprint density at radius 3 is 2.59 bits per heavy atom. The standard InChI is InChI=1S/C22H16N4O2S/c1-2-12-26-22(28)17-11-7-6-10-16(17)18(25-26)13-23-20(27)19-14-29-21(24-19)15-8-4-3-5-9-15/h1,3-11,14H,12-13H2,(H,23,27). The van der Waals surface area contributed by atoms with Crippen molar-refractivity contribution < 1.29 is 4.79 Å². The SMILES string of the molecule is C#CCn1nc(CNC(=O)c2csc(-c3ccccc3)n2)c2ccccc2c1=O. The molecule has 0 radical (unpaired) electrons. The van der Waals surface area contributed by atoms with Crippen LogP contribution in [0.15, 0.2) is 64.8 Å². The molecule has 1 amide bonds.